The quantitative estimate of drug-likeness (QED) is 0.127. The van der Waals surface area contributed by atoms with Crippen molar-refractivity contribution >= 4 is 161 Å². The van der Waals surface area contributed by atoms with Gasteiger partial charge in [0.1, 0.15) is 0 Å². The Morgan fingerprint density at radius 3 is 0.617 bits per heavy atom. The fourth-order valence-electron chi connectivity index (χ4n) is 10.6. The summed E-state index contributed by atoms with van der Waals surface area (Å²) in [5.41, 5.74) is 0.968. The maximum atomic E-state index is 7.57. The molecule has 0 fully saturated rings. The minimum atomic E-state index is 0. The molecule has 0 atom stereocenters. The van der Waals surface area contributed by atoms with Crippen LogP contribution >= 0.6 is 24.8 Å². The Labute approximate surface area is 716 Å². The average Bonchev–Trinajstić information content (AvgIpc) is 1.66. The largest absolute Gasteiger partial charge is 3.00 e. The molecule has 107 heavy (non-hydrogen) atoms. The Bertz CT molecular complexity index is 4250. The topological polar surface area (TPSA) is 40.5 Å². The Hall–Kier alpha value is -7.12. The molecule has 1 aliphatic rings. The molecule has 0 saturated carbocycles. The zero-order valence-corrected chi connectivity index (χ0v) is 76.0. The smallest absolute Gasteiger partial charge is 0.397 e. The van der Waals surface area contributed by atoms with Crippen LogP contribution in [0.2, 0.25) is 38.3 Å². The number of rotatable bonds is 1. The van der Waals surface area contributed by atoms with E-state index in [0.29, 0.717) is 0 Å². The van der Waals surface area contributed by atoms with Crippen molar-refractivity contribution in [2.75, 3.05) is 13.2 Å². The Morgan fingerprint density at radius 1 is 0.308 bits per heavy atom. The van der Waals surface area contributed by atoms with E-state index in [-0.39, 0.29) is 117 Å². The molecular formula is C97H104Cl2O2Si3Zr3. The van der Waals surface area contributed by atoms with Crippen LogP contribution in [0, 0.1) is 6.08 Å². The van der Waals surface area contributed by atoms with Gasteiger partial charge in [0, 0.05) is 41.8 Å². The van der Waals surface area contributed by atoms with Crippen molar-refractivity contribution in [3.05, 3.63) is 388 Å². The van der Waals surface area contributed by atoms with Gasteiger partial charge in [0.05, 0.1) is 0 Å². The second-order valence-corrected chi connectivity index (χ2v) is 28.2. The van der Waals surface area contributed by atoms with Crippen molar-refractivity contribution in [2.45, 2.75) is 72.4 Å². The van der Waals surface area contributed by atoms with Crippen molar-refractivity contribution in [3.8, 4) is 0 Å². The fraction of sp³-hybridized carbons (Fsp3) is 0.134. The summed E-state index contributed by atoms with van der Waals surface area (Å²) in [6.45, 7) is 19.5. The first-order chi connectivity index (χ1) is 50.1. The van der Waals surface area contributed by atoms with Gasteiger partial charge in [-0.3, -0.25) is 6.08 Å². The summed E-state index contributed by atoms with van der Waals surface area (Å²) >= 11 is 0. The van der Waals surface area contributed by atoms with E-state index in [9.17, 15) is 0 Å². The summed E-state index contributed by atoms with van der Waals surface area (Å²) in [6.07, 6.45) is 10.0. The number of aliphatic hydroxyl groups excluding tert-OH is 2. The number of benzene rings is 10. The SMILES string of the molecule is CCO.CCO.C[SiH]C.C[SiH]C.C[SiH]C(C)C.Cl.Cl.[C-]1=CC=CC1.[Zr+3].[Zr+3].[Zr+3].c1ccc2[cH-]ccc2c1.c1ccc2[cH-]ccc2c1.c1ccc2[cH-]ccc2c1.c1ccc2[cH-]ccc2c1.c1ccc2[cH-]ccc2c1.c1ccc2[cH-]ccc2c1.c1ccc2c(c1)[cH-]c1ccccc12.c1ccc2c(c1)[cH-]c1ccccc12. The van der Waals surface area contributed by atoms with Crippen LogP contribution in [0.4, 0.5) is 0 Å². The summed E-state index contributed by atoms with van der Waals surface area (Å²) in [6, 6.07) is 127. The minimum Gasteiger partial charge on any atom is -0.397 e. The van der Waals surface area contributed by atoms with E-state index in [1.165, 1.54) is 108 Å². The van der Waals surface area contributed by atoms with Gasteiger partial charge in [0.2, 0.25) is 0 Å². The molecule has 0 bridgehead atoms. The van der Waals surface area contributed by atoms with Gasteiger partial charge in [-0.25, -0.2) is 12.2 Å². The third-order valence-electron chi connectivity index (χ3n) is 15.6. The molecule has 1 aliphatic carbocycles. The Kier molecular flexibility index (Phi) is 54.7. The standard InChI is InChI=1S/2C13H9.6C9H7.C5H5.C4H11Si.2C2H6O.2C2H7Si.2ClH.3Zr/c2*1-3-7-12-10(5-1)9-11-6-2-4-8-13(11)12;6*1-2-5-9-7-3-6-8(9)4-1;1-2-4-5-3-1;1-4(2)5-3;2*1-2-3;2*1-3-2;;;;;/h2*1-9H;6*1-7H;1-3H,4H2;4-5H,1-3H3;2*3H,2H2,1H3;2*3H,1-2H3;2*1H;;;/q9*-1;;;;;;;;3*+3. The molecule has 6 radical (unpaired) electrons. The van der Waals surface area contributed by atoms with Crippen LogP contribution in [-0.4, -0.2) is 52.0 Å². The summed E-state index contributed by atoms with van der Waals surface area (Å²) in [5.74, 6) is 0. The van der Waals surface area contributed by atoms with Gasteiger partial charge in [-0.05, 0) is 13.8 Å². The maximum absolute atomic E-state index is 7.57. The monoisotopic (exact) mass is 1720 g/mol. The first kappa shape index (κ1) is 97.9. The van der Waals surface area contributed by atoms with E-state index < -0.39 is 0 Å². The third-order valence-corrected chi connectivity index (χ3v) is 16.9. The van der Waals surface area contributed by atoms with Crippen LogP contribution in [0.5, 0.6) is 0 Å². The molecule has 18 aromatic carbocycles. The molecule has 0 aliphatic heterocycles. The van der Waals surface area contributed by atoms with Crippen LogP contribution < -0.4 is 0 Å². The second kappa shape index (κ2) is 59.8. The third kappa shape index (κ3) is 35.4. The normalized spacial score (nSPS) is 9.79. The van der Waals surface area contributed by atoms with E-state index in [1.54, 1.807) is 13.8 Å². The van der Waals surface area contributed by atoms with Gasteiger partial charge in [-0.2, -0.15) is 111 Å². The van der Waals surface area contributed by atoms with Crippen molar-refractivity contribution in [1.82, 2.24) is 0 Å². The van der Waals surface area contributed by atoms with Crippen molar-refractivity contribution in [3.63, 3.8) is 0 Å². The minimum absolute atomic E-state index is 0. The zero-order chi connectivity index (χ0) is 72.6. The fourth-order valence-corrected chi connectivity index (χ4v) is 10.6. The molecule has 0 spiro atoms. The number of hydrogen-bond acceptors (Lipinski definition) is 2. The number of aliphatic hydroxyl groups is 2. The summed E-state index contributed by atoms with van der Waals surface area (Å²) < 4.78 is 0. The van der Waals surface area contributed by atoms with Crippen molar-refractivity contribution in [1.29, 1.82) is 0 Å². The molecule has 18 aromatic rings. The van der Waals surface area contributed by atoms with Gasteiger partial charge in [0.25, 0.3) is 0 Å². The average molecular weight is 1730 g/mol. The molecule has 0 amide bonds. The number of fused-ring (bicyclic) bond motifs is 12. The van der Waals surface area contributed by atoms with E-state index in [1.807, 2.05) is 12.2 Å². The van der Waals surface area contributed by atoms with Crippen LogP contribution in [0.1, 0.15) is 34.1 Å². The Balaban J connectivity index is 0.000000587. The molecule has 542 valence electrons. The molecule has 10 heteroatoms. The molecule has 0 aromatic heterocycles. The van der Waals surface area contributed by atoms with E-state index in [2.05, 4.69) is 423 Å². The van der Waals surface area contributed by atoms with Gasteiger partial charge in [-0.15, -0.1) is 289 Å². The van der Waals surface area contributed by atoms with Crippen molar-refractivity contribution < 1.29 is 88.8 Å². The molecule has 2 nitrogen and oxygen atoms in total. The molecule has 2 N–H and O–H groups in total. The molecule has 0 heterocycles. The molecular weight excluding hydrogens is 1630 g/mol. The first-order valence-electron chi connectivity index (χ1n) is 35.5. The number of hydrogen-bond donors (Lipinski definition) is 2. The first-order valence-corrected chi connectivity index (χ1v) is 42.0. The Morgan fingerprint density at radius 2 is 0.477 bits per heavy atom. The van der Waals surface area contributed by atoms with Gasteiger partial charge in [-0.1, -0.05) is 161 Å². The van der Waals surface area contributed by atoms with Crippen LogP contribution in [0.25, 0.3) is 108 Å². The van der Waals surface area contributed by atoms with Gasteiger partial charge >= 0.3 is 78.6 Å². The van der Waals surface area contributed by atoms with Crippen molar-refractivity contribution in [2.24, 2.45) is 0 Å². The summed E-state index contributed by atoms with van der Waals surface area (Å²) in [5, 5.41) is 41.9. The predicted molar refractivity (Wildman–Crippen MR) is 479 cm³/mol. The van der Waals surface area contributed by atoms with Crippen LogP contribution in [-0.2, 0) is 78.6 Å². The second-order valence-electron chi connectivity index (χ2n) is 23.9. The van der Waals surface area contributed by atoms with Gasteiger partial charge < -0.3 is 10.2 Å². The maximum Gasteiger partial charge on any atom is 3.00 e. The van der Waals surface area contributed by atoms with Gasteiger partial charge in [0.15, 0.2) is 0 Å². The number of halogens is 2. The molecule has 0 unspecified atom stereocenters. The van der Waals surface area contributed by atoms with Crippen LogP contribution in [0.15, 0.2) is 382 Å². The van der Waals surface area contributed by atoms with E-state index in [0.717, 1.165) is 40.5 Å². The molecule has 0 saturated heterocycles. The predicted octanol–water partition coefficient (Wildman–Crippen LogP) is 27.3. The molecule has 19 rings (SSSR count). The van der Waals surface area contributed by atoms with E-state index >= 15 is 0 Å². The van der Waals surface area contributed by atoms with Crippen LogP contribution in [0.3, 0.4) is 0 Å². The zero-order valence-electron chi connectivity index (χ0n) is 63.5. The summed E-state index contributed by atoms with van der Waals surface area (Å²) in [4.78, 5) is 0. The van der Waals surface area contributed by atoms with E-state index in [4.69, 9.17) is 10.2 Å². The number of allylic oxidation sites excluding steroid dienone is 4. The summed E-state index contributed by atoms with van der Waals surface area (Å²) in [7, 11) is 2.23.